The van der Waals surface area contributed by atoms with Gasteiger partial charge in [0.15, 0.2) is 0 Å². The van der Waals surface area contributed by atoms with Crippen molar-refractivity contribution >= 4 is 16.9 Å². The topological polar surface area (TPSA) is 87.9 Å². The van der Waals surface area contributed by atoms with Crippen molar-refractivity contribution in [3.8, 4) is 11.4 Å². The summed E-state index contributed by atoms with van der Waals surface area (Å²) >= 11 is 0. The Morgan fingerprint density at radius 2 is 2.35 bits per heavy atom. The number of aromatic nitrogens is 4. The third-order valence-electron chi connectivity index (χ3n) is 4.35. The van der Waals surface area contributed by atoms with Crippen molar-refractivity contribution in [1.29, 1.82) is 0 Å². The summed E-state index contributed by atoms with van der Waals surface area (Å²) in [6.07, 6.45) is 2.96. The quantitative estimate of drug-likeness (QED) is 0.802. The molecule has 3 aromatic rings. The van der Waals surface area contributed by atoms with E-state index in [9.17, 15) is 4.79 Å². The Hall–Kier alpha value is -2.70. The molecule has 0 spiro atoms. The molecule has 23 heavy (non-hydrogen) atoms. The molecule has 0 bridgehead atoms. The molecule has 7 heteroatoms. The lowest BCUT2D eigenvalue weighted by Gasteiger charge is -2.29. The third kappa shape index (κ3) is 2.48. The fourth-order valence-electron chi connectivity index (χ4n) is 3.01. The van der Waals surface area contributed by atoms with Gasteiger partial charge < -0.3 is 14.4 Å². The molecule has 0 saturated carbocycles. The Kier molecular flexibility index (Phi) is 3.33. The zero-order chi connectivity index (χ0) is 15.8. The van der Waals surface area contributed by atoms with Crippen molar-refractivity contribution in [2.75, 3.05) is 13.1 Å². The van der Waals surface area contributed by atoms with Crippen LogP contribution in [0.25, 0.3) is 22.4 Å². The van der Waals surface area contributed by atoms with Crippen molar-refractivity contribution in [3.05, 3.63) is 30.4 Å². The van der Waals surface area contributed by atoms with E-state index in [0.717, 1.165) is 23.0 Å². The lowest BCUT2D eigenvalue weighted by Crippen LogP contribution is -2.38. The van der Waals surface area contributed by atoms with E-state index in [1.54, 1.807) is 6.33 Å². The third-order valence-corrected chi connectivity index (χ3v) is 4.35. The van der Waals surface area contributed by atoms with Crippen molar-refractivity contribution in [1.82, 2.24) is 25.0 Å². The lowest BCUT2D eigenvalue weighted by atomic mass is 9.97. The van der Waals surface area contributed by atoms with E-state index in [2.05, 4.69) is 20.1 Å². The molecule has 1 unspecified atom stereocenters. The van der Waals surface area contributed by atoms with Gasteiger partial charge in [0.25, 0.3) is 0 Å². The van der Waals surface area contributed by atoms with E-state index >= 15 is 0 Å². The number of carbonyl (C=O) groups excluding carboxylic acids is 1. The number of hydrogen-bond donors (Lipinski definition) is 1. The first-order valence-corrected chi connectivity index (χ1v) is 7.79. The smallest absolute Gasteiger partial charge is 0.231 e. The fraction of sp³-hybridized carbons (Fsp3) is 0.375. The molecule has 2 aromatic heterocycles. The van der Waals surface area contributed by atoms with Gasteiger partial charge in [0.2, 0.25) is 17.6 Å². The Morgan fingerprint density at radius 3 is 3.22 bits per heavy atom. The van der Waals surface area contributed by atoms with Gasteiger partial charge in [-0.1, -0.05) is 5.16 Å². The molecular weight excluding hydrogens is 294 g/mol. The molecule has 1 aromatic carbocycles. The number of likely N-dealkylation sites (tertiary alicyclic amines) is 1. The van der Waals surface area contributed by atoms with E-state index in [-0.39, 0.29) is 11.8 Å². The molecule has 1 saturated heterocycles. The van der Waals surface area contributed by atoms with Crippen LogP contribution >= 0.6 is 0 Å². The molecule has 3 heterocycles. The van der Waals surface area contributed by atoms with Crippen LogP contribution in [0.4, 0.5) is 0 Å². The molecule has 1 aliphatic rings. The van der Waals surface area contributed by atoms with Gasteiger partial charge in [0.1, 0.15) is 0 Å². The lowest BCUT2D eigenvalue weighted by molar-refractivity contribution is -0.133. The highest BCUT2D eigenvalue weighted by Gasteiger charge is 2.29. The van der Waals surface area contributed by atoms with Crippen LogP contribution in [-0.2, 0) is 4.79 Å². The summed E-state index contributed by atoms with van der Waals surface area (Å²) in [6, 6.07) is 5.82. The first-order chi connectivity index (χ1) is 11.2. The average molecular weight is 311 g/mol. The van der Waals surface area contributed by atoms with E-state index in [1.807, 2.05) is 30.0 Å². The summed E-state index contributed by atoms with van der Waals surface area (Å²) in [7, 11) is 0. The zero-order valence-corrected chi connectivity index (χ0v) is 12.8. The average Bonchev–Trinajstić information content (AvgIpc) is 3.23. The molecule has 118 valence electrons. The van der Waals surface area contributed by atoms with Gasteiger partial charge in [-0.2, -0.15) is 4.98 Å². The number of aromatic amines is 1. The van der Waals surface area contributed by atoms with E-state index in [1.165, 1.54) is 0 Å². The molecule has 1 atom stereocenters. The Morgan fingerprint density at radius 1 is 1.43 bits per heavy atom. The minimum absolute atomic E-state index is 0.116. The highest BCUT2D eigenvalue weighted by molar-refractivity contribution is 5.80. The highest BCUT2D eigenvalue weighted by Crippen LogP contribution is 2.28. The summed E-state index contributed by atoms with van der Waals surface area (Å²) < 4.78 is 5.46. The number of nitrogens with zero attached hydrogens (tertiary/aromatic N) is 4. The summed E-state index contributed by atoms with van der Waals surface area (Å²) in [5, 5.41) is 4.10. The molecule has 1 amide bonds. The number of hydrogen-bond acceptors (Lipinski definition) is 5. The predicted molar refractivity (Wildman–Crippen MR) is 83.6 cm³/mol. The Balaban J connectivity index is 1.60. The summed E-state index contributed by atoms with van der Waals surface area (Å²) in [5.74, 6) is 1.49. The number of H-pyrrole nitrogens is 1. The zero-order valence-electron chi connectivity index (χ0n) is 12.8. The second-order valence-corrected chi connectivity index (χ2v) is 5.76. The number of fused-ring (bicyclic) bond motifs is 1. The van der Waals surface area contributed by atoms with E-state index in [0.29, 0.717) is 31.2 Å². The second kappa shape index (κ2) is 5.49. The normalized spacial score (nSPS) is 18.7. The number of likely N-dealkylation sites (N-methyl/N-ethyl adjacent to an activating group) is 1. The second-order valence-electron chi connectivity index (χ2n) is 5.76. The van der Waals surface area contributed by atoms with Crippen molar-refractivity contribution in [3.63, 3.8) is 0 Å². The number of nitrogens with one attached hydrogen (secondary N) is 1. The fourth-order valence-corrected chi connectivity index (χ4v) is 3.01. The number of rotatable bonds is 3. The van der Waals surface area contributed by atoms with Gasteiger partial charge in [-0.25, -0.2) is 4.98 Å². The van der Waals surface area contributed by atoms with Gasteiger partial charge >= 0.3 is 0 Å². The van der Waals surface area contributed by atoms with Crippen LogP contribution in [0, 0.1) is 0 Å². The largest absolute Gasteiger partial charge is 0.345 e. The SMILES string of the molecule is CCN1CC(c2nc(-c3ccc4nc[nH]c4c3)no2)CCC1=O. The standard InChI is InChI=1S/C16H17N5O2/c1-2-21-8-11(4-6-14(21)22)16-19-15(20-23-16)10-3-5-12-13(7-10)18-9-17-12/h3,5,7,9,11H,2,4,6,8H2,1H3,(H,17,18). The van der Waals surface area contributed by atoms with Crippen molar-refractivity contribution in [2.24, 2.45) is 0 Å². The van der Waals surface area contributed by atoms with Gasteiger partial charge in [-0.15, -0.1) is 0 Å². The number of amides is 1. The van der Waals surface area contributed by atoms with Crippen molar-refractivity contribution in [2.45, 2.75) is 25.7 Å². The molecule has 1 fully saturated rings. The van der Waals surface area contributed by atoms with Gasteiger partial charge in [0, 0.05) is 25.1 Å². The number of imidazole rings is 1. The number of carbonyl (C=O) groups is 1. The van der Waals surface area contributed by atoms with Crippen LogP contribution in [0.15, 0.2) is 29.0 Å². The Bertz CT molecular complexity index is 853. The minimum Gasteiger partial charge on any atom is -0.345 e. The van der Waals surface area contributed by atoms with Crippen LogP contribution < -0.4 is 0 Å². The number of benzene rings is 1. The predicted octanol–water partition coefficient (Wildman–Crippen LogP) is 2.34. The number of piperidine rings is 1. The van der Waals surface area contributed by atoms with E-state index in [4.69, 9.17) is 4.52 Å². The molecule has 7 nitrogen and oxygen atoms in total. The first-order valence-electron chi connectivity index (χ1n) is 7.79. The maximum Gasteiger partial charge on any atom is 0.231 e. The molecule has 1 N–H and O–H groups in total. The van der Waals surface area contributed by atoms with Crippen LogP contribution in [0.2, 0.25) is 0 Å². The van der Waals surface area contributed by atoms with Crippen LogP contribution in [-0.4, -0.2) is 44.0 Å². The molecular formula is C16H17N5O2. The van der Waals surface area contributed by atoms with Crippen molar-refractivity contribution < 1.29 is 9.32 Å². The van der Waals surface area contributed by atoms with Gasteiger partial charge in [0.05, 0.1) is 23.3 Å². The molecule has 0 radical (unpaired) electrons. The van der Waals surface area contributed by atoms with Gasteiger partial charge in [-0.05, 0) is 31.5 Å². The minimum atomic E-state index is 0.116. The Labute approximate surface area is 132 Å². The van der Waals surface area contributed by atoms with Crippen LogP contribution in [0.1, 0.15) is 31.6 Å². The van der Waals surface area contributed by atoms with E-state index < -0.39 is 0 Å². The summed E-state index contributed by atoms with van der Waals surface area (Å²) in [6.45, 7) is 3.35. The highest BCUT2D eigenvalue weighted by atomic mass is 16.5. The monoisotopic (exact) mass is 311 g/mol. The van der Waals surface area contributed by atoms with Gasteiger partial charge in [-0.3, -0.25) is 4.79 Å². The molecule has 4 rings (SSSR count). The first kappa shape index (κ1) is 13.9. The maximum atomic E-state index is 11.8. The summed E-state index contributed by atoms with van der Waals surface area (Å²) in [4.78, 5) is 25.4. The maximum absolute atomic E-state index is 11.8. The van der Waals surface area contributed by atoms with Crippen LogP contribution in [0.3, 0.4) is 0 Å². The molecule has 1 aliphatic heterocycles. The summed E-state index contributed by atoms with van der Waals surface area (Å²) in [5.41, 5.74) is 2.73. The van der Waals surface area contributed by atoms with Crippen LogP contribution in [0.5, 0.6) is 0 Å². The molecule has 0 aliphatic carbocycles.